The number of pyridine rings is 1. The van der Waals surface area contributed by atoms with E-state index in [2.05, 4.69) is 30.5 Å². The topological polar surface area (TPSA) is 122 Å². The van der Waals surface area contributed by atoms with E-state index in [-0.39, 0.29) is 5.69 Å². The number of carbonyl (C=O) groups excluding carboxylic acids is 1. The minimum absolute atomic E-state index is 0.168. The van der Waals surface area contributed by atoms with Gasteiger partial charge in [-0.1, -0.05) is 18.2 Å². The number of Topliss-reactive ketones (excluding diaryl/α,β-unsaturated/α-hetero) is 1. The van der Waals surface area contributed by atoms with Crippen LogP contribution in [0.25, 0.3) is 27.6 Å². The third kappa shape index (κ3) is 2.93. The summed E-state index contributed by atoms with van der Waals surface area (Å²) in [6.45, 7) is 0. The van der Waals surface area contributed by atoms with E-state index in [0.717, 1.165) is 10.9 Å². The highest BCUT2D eigenvalue weighted by Gasteiger charge is 2.20. The summed E-state index contributed by atoms with van der Waals surface area (Å²) in [5.74, 6) is -0.505. The van der Waals surface area contributed by atoms with Gasteiger partial charge in [0.2, 0.25) is 11.8 Å². The van der Waals surface area contributed by atoms with Gasteiger partial charge in [-0.2, -0.15) is 20.6 Å². The van der Waals surface area contributed by atoms with Crippen molar-refractivity contribution >= 4 is 39.1 Å². The Morgan fingerprint density at radius 2 is 1.90 bits per heavy atom. The molecule has 0 amide bonds. The zero-order chi connectivity index (χ0) is 20.5. The molecule has 0 aliphatic rings. The molecule has 3 aromatic heterocycles. The lowest BCUT2D eigenvalue weighted by Crippen LogP contribution is -2.17. The Morgan fingerprint density at radius 3 is 2.73 bits per heavy atom. The highest BCUT2D eigenvalue weighted by molar-refractivity contribution is 6.00. The lowest BCUT2D eigenvalue weighted by molar-refractivity contribution is 0.0974. The molecule has 0 saturated carbocycles. The van der Waals surface area contributed by atoms with Crippen LogP contribution >= 0.6 is 0 Å². The summed E-state index contributed by atoms with van der Waals surface area (Å²) in [7, 11) is 0. The van der Waals surface area contributed by atoms with Crippen molar-refractivity contribution in [2.45, 2.75) is 6.04 Å². The van der Waals surface area contributed by atoms with Crippen LogP contribution in [-0.4, -0.2) is 36.6 Å². The molecule has 2 aromatic carbocycles. The molecule has 9 nitrogen and oxygen atoms in total. The summed E-state index contributed by atoms with van der Waals surface area (Å²) < 4.78 is 1.70. The van der Waals surface area contributed by atoms with Crippen LogP contribution in [0.3, 0.4) is 0 Å². The van der Waals surface area contributed by atoms with Gasteiger partial charge in [0.15, 0.2) is 5.65 Å². The number of nitrogens with zero attached hydrogens (tertiary/aromatic N) is 8. The van der Waals surface area contributed by atoms with Gasteiger partial charge in [-0.05, 0) is 42.5 Å². The molecule has 0 spiro atoms. The number of benzene rings is 2. The van der Waals surface area contributed by atoms with Gasteiger partial charge < -0.3 is 0 Å². The first-order valence-electron chi connectivity index (χ1n) is 9.04. The maximum atomic E-state index is 12.4. The van der Waals surface area contributed by atoms with Crippen molar-refractivity contribution in [2.24, 2.45) is 10.2 Å². The molecule has 5 aromatic rings. The van der Waals surface area contributed by atoms with E-state index in [1.54, 1.807) is 34.8 Å². The fraction of sp³-hybridized carbons (Fsp3) is 0.0476. The van der Waals surface area contributed by atoms with Crippen molar-refractivity contribution in [1.82, 2.24) is 24.8 Å². The van der Waals surface area contributed by atoms with Crippen molar-refractivity contribution in [2.75, 3.05) is 0 Å². The van der Waals surface area contributed by atoms with Crippen molar-refractivity contribution in [3.8, 4) is 6.07 Å². The Labute approximate surface area is 169 Å². The standard InChI is InChI=1S/C21H12N8O/c22-12-18(20(30)17-7-3-4-10-23-17)26-24-13-8-9-16-19(11-13)29-21(27-25-16)14-5-1-2-6-15(14)28-29/h1-11,18H/b26-24+. The van der Waals surface area contributed by atoms with Gasteiger partial charge in [0.25, 0.3) is 0 Å². The van der Waals surface area contributed by atoms with Gasteiger partial charge in [0.05, 0.1) is 16.7 Å². The van der Waals surface area contributed by atoms with Gasteiger partial charge in [0, 0.05) is 11.6 Å². The molecule has 1 unspecified atom stereocenters. The van der Waals surface area contributed by atoms with Crippen molar-refractivity contribution in [1.29, 1.82) is 5.26 Å². The highest BCUT2D eigenvalue weighted by atomic mass is 16.1. The molecule has 0 aliphatic carbocycles. The molecule has 9 heteroatoms. The van der Waals surface area contributed by atoms with Crippen LogP contribution in [0.1, 0.15) is 10.5 Å². The molecular weight excluding hydrogens is 380 g/mol. The Hall–Kier alpha value is -4.58. The van der Waals surface area contributed by atoms with E-state index < -0.39 is 11.8 Å². The monoisotopic (exact) mass is 392 g/mol. The molecule has 30 heavy (non-hydrogen) atoms. The molecule has 0 aliphatic heterocycles. The Bertz CT molecular complexity index is 1480. The van der Waals surface area contributed by atoms with E-state index in [4.69, 9.17) is 0 Å². The molecule has 0 radical (unpaired) electrons. The second-order valence-electron chi connectivity index (χ2n) is 6.45. The van der Waals surface area contributed by atoms with E-state index in [1.807, 2.05) is 30.3 Å². The fourth-order valence-corrected chi connectivity index (χ4v) is 3.12. The maximum Gasteiger partial charge on any atom is 0.221 e. The summed E-state index contributed by atoms with van der Waals surface area (Å²) in [4.78, 5) is 16.4. The lowest BCUT2D eigenvalue weighted by atomic mass is 10.1. The van der Waals surface area contributed by atoms with Gasteiger partial charge in [-0.15, -0.1) is 10.2 Å². The van der Waals surface area contributed by atoms with Crippen molar-refractivity contribution in [3.05, 3.63) is 72.6 Å². The Balaban J connectivity index is 1.55. The highest BCUT2D eigenvalue weighted by Crippen LogP contribution is 2.24. The Kier molecular flexibility index (Phi) is 4.15. The third-order valence-corrected chi connectivity index (χ3v) is 4.57. The second kappa shape index (κ2) is 7.10. The largest absolute Gasteiger partial charge is 0.289 e. The summed E-state index contributed by atoms with van der Waals surface area (Å²) in [6, 6.07) is 18.3. The van der Waals surface area contributed by atoms with Crippen LogP contribution in [0, 0.1) is 11.3 Å². The first kappa shape index (κ1) is 17.5. The summed E-state index contributed by atoms with van der Waals surface area (Å²) >= 11 is 0. The number of rotatable bonds is 4. The predicted octanol–water partition coefficient (Wildman–Crippen LogP) is 3.68. The number of hydrogen-bond donors (Lipinski definition) is 0. The fourth-order valence-electron chi connectivity index (χ4n) is 3.12. The molecule has 0 N–H and O–H groups in total. The number of aromatic nitrogens is 5. The smallest absolute Gasteiger partial charge is 0.221 e. The van der Waals surface area contributed by atoms with Gasteiger partial charge in [-0.25, -0.2) is 4.52 Å². The minimum Gasteiger partial charge on any atom is -0.289 e. The number of ketones is 1. The van der Waals surface area contributed by atoms with Gasteiger partial charge in [-0.3, -0.25) is 9.78 Å². The van der Waals surface area contributed by atoms with Crippen molar-refractivity contribution < 1.29 is 4.79 Å². The number of fused-ring (bicyclic) bond motifs is 5. The number of nitriles is 1. The summed E-state index contributed by atoms with van der Waals surface area (Å²) in [6.07, 6.45) is 1.49. The molecule has 0 fully saturated rings. The molecule has 5 rings (SSSR count). The first-order valence-corrected chi connectivity index (χ1v) is 9.04. The SMILES string of the molecule is N#CC(/N=N/c1ccc2nnc3c4ccccc4nn3c2c1)C(=O)c1ccccn1. The van der Waals surface area contributed by atoms with Gasteiger partial charge in [0.1, 0.15) is 17.3 Å². The number of hydrogen-bond acceptors (Lipinski definition) is 8. The lowest BCUT2D eigenvalue weighted by Gasteiger charge is -2.02. The van der Waals surface area contributed by atoms with Crippen molar-refractivity contribution in [3.63, 3.8) is 0 Å². The summed E-state index contributed by atoms with van der Waals surface area (Å²) in [5, 5.41) is 31.4. The van der Waals surface area contributed by atoms with E-state index >= 15 is 0 Å². The molecule has 0 saturated heterocycles. The summed E-state index contributed by atoms with van der Waals surface area (Å²) in [5.41, 5.74) is 3.39. The van der Waals surface area contributed by atoms with Gasteiger partial charge >= 0.3 is 0 Å². The molecule has 1 atom stereocenters. The van der Waals surface area contributed by atoms with Crippen LogP contribution in [0.2, 0.25) is 0 Å². The quantitative estimate of drug-likeness (QED) is 0.340. The van der Waals surface area contributed by atoms with Crippen LogP contribution in [0.4, 0.5) is 5.69 Å². The van der Waals surface area contributed by atoms with Crippen LogP contribution in [0.5, 0.6) is 0 Å². The first-order chi connectivity index (χ1) is 14.7. The predicted molar refractivity (Wildman–Crippen MR) is 108 cm³/mol. The molecular formula is C21H12N8O. The minimum atomic E-state index is -1.28. The number of azo groups is 1. The Morgan fingerprint density at radius 1 is 1.03 bits per heavy atom. The number of carbonyl (C=O) groups is 1. The molecule has 142 valence electrons. The zero-order valence-corrected chi connectivity index (χ0v) is 15.4. The normalized spacial score (nSPS) is 12.5. The second-order valence-corrected chi connectivity index (χ2v) is 6.45. The van der Waals surface area contributed by atoms with Crippen LogP contribution in [0.15, 0.2) is 77.1 Å². The third-order valence-electron chi connectivity index (χ3n) is 4.57. The molecule has 0 bridgehead atoms. The molecule has 3 heterocycles. The van der Waals surface area contributed by atoms with Crippen LogP contribution < -0.4 is 0 Å². The average Bonchev–Trinajstić information content (AvgIpc) is 3.19. The van der Waals surface area contributed by atoms with E-state index in [0.29, 0.717) is 22.4 Å². The van der Waals surface area contributed by atoms with E-state index in [9.17, 15) is 10.1 Å². The zero-order valence-electron chi connectivity index (χ0n) is 15.4. The maximum absolute atomic E-state index is 12.4. The van der Waals surface area contributed by atoms with E-state index in [1.165, 1.54) is 12.3 Å². The van der Waals surface area contributed by atoms with Crippen LogP contribution in [-0.2, 0) is 0 Å². The average molecular weight is 392 g/mol.